The second-order valence-corrected chi connectivity index (χ2v) is 12.8. The van der Waals surface area contributed by atoms with Crippen molar-refractivity contribution in [2.75, 3.05) is 19.6 Å². The van der Waals surface area contributed by atoms with Crippen LogP contribution in [-0.2, 0) is 16.4 Å². The van der Waals surface area contributed by atoms with Crippen molar-refractivity contribution in [2.24, 2.45) is 0 Å². The summed E-state index contributed by atoms with van der Waals surface area (Å²) in [4.78, 5) is 24.4. The van der Waals surface area contributed by atoms with Crippen molar-refractivity contribution in [2.45, 2.75) is 30.7 Å². The first-order valence-electron chi connectivity index (χ1n) is 12.2. The molecule has 1 fully saturated rings. The van der Waals surface area contributed by atoms with E-state index in [1.807, 2.05) is 13.0 Å². The van der Waals surface area contributed by atoms with Crippen molar-refractivity contribution >= 4 is 59.9 Å². The molecule has 0 spiro atoms. The minimum Gasteiger partial charge on any atom is -0.331 e. The van der Waals surface area contributed by atoms with Crippen molar-refractivity contribution in [1.29, 1.82) is 0 Å². The summed E-state index contributed by atoms with van der Waals surface area (Å²) in [6.45, 7) is 2.40. The van der Waals surface area contributed by atoms with Crippen LogP contribution in [0, 0.1) is 6.92 Å². The number of carbonyl (C=O) groups is 1. The van der Waals surface area contributed by atoms with Gasteiger partial charge in [0, 0.05) is 49.0 Å². The minimum absolute atomic E-state index is 0.135. The number of sulfonamides is 1. The van der Waals surface area contributed by atoms with Gasteiger partial charge in [0.2, 0.25) is 10.0 Å². The van der Waals surface area contributed by atoms with Gasteiger partial charge in [-0.05, 0) is 54.4 Å². The average molecular weight is 583 g/mol. The molecule has 14 heteroatoms. The quantitative estimate of drug-likeness (QED) is 0.321. The lowest BCUT2D eigenvalue weighted by Crippen LogP contribution is -2.56. The monoisotopic (exact) mass is 582 g/mol. The lowest BCUT2D eigenvalue weighted by Gasteiger charge is -2.40. The predicted molar refractivity (Wildman–Crippen MR) is 147 cm³/mol. The lowest BCUT2D eigenvalue weighted by molar-refractivity contribution is 0.0550. The smallest absolute Gasteiger partial charge is 0.283 e. The largest absolute Gasteiger partial charge is 0.331 e. The van der Waals surface area contributed by atoms with Gasteiger partial charge < -0.3 is 4.90 Å². The van der Waals surface area contributed by atoms with E-state index in [4.69, 9.17) is 11.6 Å². The maximum absolute atomic E-state index is 13.7. The fourth-order valence-corrected chi connectivity index (χ4v) is 7.35. The van der Waals surface area contributed by atoms with E-state index in [0.29, 0.717) is 28.7 Å². The summed E-state index contributed by atoms with van der Waals surface area (Å²) in [5.41, 5.74) is 1.54. The molecule has 0 aliphatic carbocycles. The first-order valence-corrected chi connectivity index (χ1v) is 14.9. The Hall–Kier alpha value is -3.52. The highest BCUT2D eigenvalue weighted by Gasteiger charge is 2.37. The normalized spacial score (nSPS) is 16.8. The van der Waals surface area contributed by atoms with E-state index in [-0.39, 0.29) is 30.4 Å². The number of thiazole rings is 1. The molecule has 1 N–H and O–H groups in total. The van der Waals surface area contributed by atoms with E-state index < -0.39 is 16.1 Å². The van der Waals surface area contributed by atoms with E-state index in [2.05, 4.69) is 30.6 Å². The second-order valence-electron chi connectivity index (χ2n) is 9.35. The van der Waals surface area contributed by atoms with Crippen molar-refractivity contribution in [3.63, 3.8) is 0 Å². The molecular weight excluding hydrogens is 560 g/mol. The van der Waals surface area contributed by atoms with Crippen molar-refractivity contribution in [1.82, 2.24) is 39.8 Å². The van der Waals surface area contributed by atoms with E-state index in [0.717, 1.165) is 26.7 Å². The van der Waals surface area contributed by atoms with Crippen LogP contribution in [0.3, 0.4) is 0 Å². The fraction of sp³-hybridized carbons (Fsp3) is 0.280. The standard InChI is InChI=1S/C25H23ClN8O3S2/c1-15-10-21-22(13-27-15)38-24(28-21)25(35)34-9-8-33(14-19(34)5-7-23-29-31-32-30-23)39(36,37)20-6-3-16-11-18(26)4-2-17(16)12-20/h2-4,6,10-13,19H,5,7-9,14H2,1H3,(H,29,30,31,32). The Bertz CT molecular complexity index is 1790. The molecular formula is C25H23ClN8O3S2. The lowest BCUT2D eigenvalue weighted by atomic mass is 10.1. The number of nitrogens with one attached hydrogen (secondary N) is 1. The van der Waals surface area contributed by atoms with Gasteiger partial charge in [0.1, 0.15) is 0 Å². The third-order valence-corrected chi connectivity index (χ3v) is 9.89. The van der Waals surface area contributed by atoms with Crippen LogP contribution >= 0.6 is 22.9 Å². The number of aromatic amines is 1. The maximum atomic E-state index is 13.7. The number of pyridine rings is 1. The number of halogens is 1. The molecule has 6 rings (SSSR count). The topological polar surface area (TPSA) is 138 Å². The number of piperazine rings is 1. The number of carbonyl (C=O) groups excluding carboxylic acids is 1. The molecule has 0 saturated carbocycles. The zero-order valence-electron chi connectivity index (χ0n) is 20.8. The Kier molecular flexibility index (Phi) is 6.75. The van der Waals surface area contributed by atoms with Crippen LogP contribution in [0.25, 0.3) is 21.0 Å². The fourth-order valence-electron chi connectivity index (χ4n) is 4.80. The number of amides is 1. The van der Waals surface area contributed by atoms with Gasteiger partial charge in [-0.15, -0.1) is 21.5 Å². The number of aromatic nitrogens is 6. The number of hydrogen-bond acceptors (Lipinski definition) is 9. The number of benzene rings is 2. The Morgan fingerprint density at radius 2 is 1.97 bits per heavy atom. The van der Waals surface area contributed by atoms with Gasteiger partial charge in [0.05, 0.1) is 15.1 Å². The van der Waals surface area contributed by atoms with Gasteiger partial charge in [-0.2, -0.15) is 9.52 Å². The first-order chi connectivity index (χ1) is 18.8. The molecule has 39 heavy (non-hydrogen) atoms. The van der Waals surface area contributed by atoms with Crippen molar-refractivity contribution in [3.8, 4) is 0 Å². The zero-order chi connectivity index (χ0) is 27.1. The van der Waals surface area contributed by atoms with E-state index in [1.165, 1.54) is 15.6 Å². The highest BCUT2D eigenvalue weighted by molar-refractivity contribution is 7.89. The van der Waals surface area contributed by atoms with Crippen LogP contribution in [0.15, 0.2) is 53.6 Å². The number of hydrogen-bond donors (Lipinski definition) is 1. The van der Waals surface area contributed by atoms with Gasteiger partial charge in [0.15, 0.2) is 10.8 Å². The first kappa shape index (κ1) is 25.7. The van der Waals surface area contributed by atoms with Crippen LogP contribution in [0.1, 0.15) is 27.7 Å². The zero-order valence-corrected chi connectivity index (χ0v) is 23.2. The predicted octanol–water partition coefficient (Wildman–Crippen LogP) is 3.47. The Morgan fingerprint density at radius 1 is 1.15 bits per heavy atom. The van der Waals surface area contributed by atoms with E-state index in [1.54, 1.807) is 47.5 Å². The molecule has 11 nitrogen and oxygen atoms in total. The molecule has 1 atom stereocenters. The maximum Gasteiger partial charge on any atom is 0.283 e. The number of rotatable bonds is 6. The molecule has 4 heterocycles. The molecule has 3 aromatic heterocycles. The SMILES string of the molecule is Cc1cc2nc(C(=O)N3CCN(S(=O)(=O)c4ccc5cc(Cl)ccc5c4)CC3CCc3nn[nH]n3)sc2cn1. The third-order valence-electron chi connectivity index (χ3n) is 6.80. The highest BCUT2D eigenvalue weighted by Crippen LogP contribution is 2.29. The van der Waals surface area contributed by atoms with Crippen LogP contribution in [0.4, 0.5) is 0 Å². The third kappa shape index (κ3) is 5.10. The summed E-state index contributed by atoms with van der Waals surface area (Å²) < 4.78 is 29.7. The van der Waals surface area contributed by atoms with Gasteiger partial charge in [-0.1, -0.05) is 28.9 Å². The molecule has 1 unspecified atom stereocenters. The number of aryl methyl sites for hydroxylation is 2. The molecule has 2 aromatic carbocycles. The summed E-state index contributed by atoms with van der Waals surface area (Å²) in [6.07, 6.45) is 2.60. The minimum atomic E-state index is -3.82. The van der Waals surface area contributed by atoms with Crippen LogP contribution in [0.5, 0.6) is 0 Å². The molecule has 1 aliphatic heterocycles. The van der Waals surface area contributed by atoms with E-state index in [9.17, 15) is 13.2 Å². The second kappa shape index (κ2) is 10.2. The summed E-state index contributed by atoms with van der Waals surface area (Å²) in [6, 6.07) is 11.8. The molecule has 200 valence electrons. The summed E-state index contributed by atoms with van der Waals surface area (Å²) in [5, 5.41) is 16.6. The van der Waals surface area contributed by atoms with Gasteiger partial charge in [-0.3, -0.25) is 9.78 Å². The van der Waals surface area contributed by atoms with E-state index >= 15 is 0 Å². The van der Waals surface area contributed by atoms with Crippen LogP contribution in [-0.4, -0.2) is 79.8 Å². The van der Waals surface area contributed by atoms with Gasteiger partial charge in [0.25, 0.3) is 5.91 Å². The highest BCUT2D eigenvalue weighted by atomic mass is 35.5. The summed E-state index contributed by atoms with van der Waals surface area (Å²) in [7, 11) is -3.82. The van der Waals surface area contributed by atoms with Gasteiger partial charge in [-0.25, -0.2) is 13.4 Å². The van der Waals surface area contributed by atoms with Gasteiger partial charge >= 0.3 is 0 Å². The van der Waals surface area contributed by atoms with Crippen molar-refractivity contribution < 1.29 is 13.2 Å². The molecule has 1 amide bonds. The molecule has 1 saturated heterocycles. The number of H-pyrrole nitrogens is 1. The van der Waals surface area contributed by atoms with Crippen LogP contribution in [0.2, 0.25) is 5.02 Å². The number of nitrogens with zero attached hydrogens (tertiary/aromatic N) is 7. The Labute approximate surface area is 232 Å². The summed E-state index contributed by atoms with van der Waals surface area (Å²) >= 11 is 7.37. The number of fused-ring (bicyclic) bond motifs is 2. The Balaban J connectivity index is 1.28. The molecule has 0 radical (unpaired) electrons. The summed E-state index contributed by atoms with van der Waals surface area (Å²) in [5.74, 6) is 0.267. The molecule has 1 aliphatic rings. The van der Waals surface area contributed by atoms with Crippen LogP contribution < -0.4 is 0 Å². The number of tetrazole rings is 1. The average Bonchev–Trinajstić information content (AvgIpc) is 3.61. The Morgan fingerprint density at radius 3 is 2.79 bits per heavy atom. The molecule has 0 bridgehead atoms. The molecule has 5 aromatic rings. The van der Waals surface area contributed by atoms with Crippen molar-refractivity contribution in [3.05, 3.63) is 70.2 Å².